The Balaban J connectivity index is 1.85. The van der Waals surface area contributed by atoms with Crippen LogP contribution in [0.25, 0.3) is 0 Å². The van der Waals surface area contributed by atoms with Gasteiger partial charge in [0.15, 0.2) is 0 Å². The molecule has 1 aliphatic rings. The molecule has 0 unspecified atom stereocenters. The molecule has 4 heteroatoms. The highest BCUT2D eigenvalue weighted by Gasteiger charge is 2.16. The molecule has 0 bridgehead atoms. The van der Waals surface area contributed by atoms with E-state index in [1.54, 1.807) is 11.3 Å². The van der Waals surface area contributed by atoms with Crippen LogP contribution in [0.15, 0.2) is 0 Å². The first-order valence-electron chi connectivity index (χ1n) is 6.37. The number of hydrogen-bond acceptors (Lipinski definition) is 3. The fraction of sp³-hybridized carbons (Fsp3) is 0.692. The average molecular weight is 252 g/mol. The van der Waals surface area contributed by atoms with Crippen molar-refractivity contribution in [3.8, 4) is 0 Å². The van der Waals surface area contributed by atoms with Gasteiger partial charge in [0.05, 0.1) is 10.7 Å². The van der Waals surface area contributed by atoms with Gasteiger partial charge in [0.2, 0.25) is 5.91 Å². The predicted octanol–water partition coefficient (Wildman–Crippen LogP) is 2.71. The van der Waals surface area contributed by atoms with Crippen LogP contribution in [0.5, 0.6) is 0 Å². The molecule has 1 aromatic heterocycles. The third kappa shape index (κ3) is 3.28. The Morgan fingerprint density at radius 3 is 2.59 bits per heavy atom. The maximum atomic E-state index is 12.0. The van der Waals surface area contributed by atoms with Crippen molar-refractivity contribution in [2.75, 3.05) is 13.1 Å². The minimum atomic E-state index is 0.315. The number of likely N-dealkylation sites (tertiary alicyclic amines) is 1. The average Bonchev–Trinajstić information content (AvgIpc) is 2.66. The molecule has 0 N–H and O–H groups in total. The van der Waals surface area contributed by atoms with Crippen molar-refractivity contribution < 1.29 is 4.79 Å². The molecule has 0 aliphatic carbocycles. The fourth-order valence-electron chi connectivity index (χ4n) is 2.33. The summed E-state index contributed by atoms with van der Waals surface area (Å²) in [6, 6.07) is 0. The van der Waals surface area contributed by atoms with Gasteiger partial charge in [-0.1, -0.05) is 0 Å². The molecular weight excluding hydrogens is 232 g/mol. The molecule has 2 heterocycles. The topological polar surface area (TPSA) is 33.2 Å². The first-order chi connectivity index (χ1) is 8.16. The third-order valence-corrected chi connectivity index (χ3v) is 4.41. The zero-order valence-corrected chi connectivity index (χ0v) is 11.5. The Hall–Kier alpha value is -0.900. The van der Waals surface area contributed by atoms with Gasteiger partial charge in [-0.3, -0.25) is 4.79 Å². The molecule has 17 heavy (non-hydrogen) atoms. The van der Waals surface area contributed by atoms with Crippen molar-refractivity contribution in [2.45, 2.75) is 46.0 Å². The van der Waals surface area contributed by atoms with Gasteiger partial charge in [0.1, 0.15) is 0 Å². The van der Waals surface area contributed by atoms with Crippen LogP contribution < -0.4 is 0 Å². The maximum Gasteiger partial charge on any atom is 0.222 e. The van der Waals surface area contributed by atoms with Gasteiger partial charge >= 0.3 is 0 Å². The summed E-state index contributed by atoms with van der Waals surface area (Å²) >= 11 is 1.72. The summed E-state index contributed by atoms with van der Waals surface area (Å²) in [5.74, 6) is 0.315. The summed E-state index contributed by atoms with van der Waals surface area (Å²) in [7, 11) is 0. The minimum Gasteiger partial charge on any atom is -0.343 e. The SMILES string of the molecule is Cc1nc(C)c(CCC(=O)N2CCCCC2)s1. The third-order valence-electron chi connectivity index (χ3n) is 3.27. The van der Waals surface area contributed by atoms with Gasteiger partial charge in [0, 0.05) is 24.4 Å². The molecule has 0 radical (unpaired) electrons. The summed E-state index contributed by atoms with van der Waals surface area (Å²) < 4.78 is 0. The molecular formula is C13H20N2OS. The lowest BCUT2D eigenvalue weighted by atomic mass is 10.1. The minimum absolute atomic E-state index is 0.315. The van der Waals surface area contributed by atoms with E-state index < -0.39 is 0 Å². The van der Waals surface area contributed by atoms with Crippen LogP contribution in [0.1, 0.15) is 41.3 Å². The number of carbonyl (C=O) groups excluding carboxylic acids is 1. The van der Waals surface area contributed by atoms with E-state index in [4.69, 9.17) is 0 Å². The number of amides is 1. The van der Waals surface area contributed by atoms with E-state index in [-0.39, 0.29) is 0 Å². The molecule has 1 saturated heterocycles. The first-order valence-corrected chi connectivity index (χ1v) is 7.19. The quantitative estimate of drug-likeness (QED) is 0.828. The van der Waals surface area contributed by atoms with E-state index >= 15 is 0 Å². The number of aryl methyl sites for hydroxylation is 3. The summed E-state index contributed by atoms with van der Waals surface area (Å²) in [6.45, 7) is 5.97. The van der Waals surface area contributed by atoms with E-state index in [9.17, 15) is 4.79 Å². The molecule has 1 amide bonds. The number of carbonyl (C=O) groups is 1. The fourth-order valence-corrected chi connectivity index (χ4v) is 3.26. The lowest BCUT2D eigenvalue weighted by Crippen LogP contribution is -2.35. The van der Waals surface area contributed by atoms with Crippen LogP contribution in [-0.2, 0) is 11.2 Å². The Morgan fingerprint density at radius 1 is 1.29 bits per heavy atom. The molecule has 1 aromatic rings. The van der Waals surface area contributed by atoms with E-state index in [1.807, 2.05) is 18.7 Å². The number of rotatable bonds is 3. The van der Waals surface area contributed by atoms with Crippen molar-refractivity contribution in [2.24, 2.45) is 0 Å². The van der Waals surface area contributed by atoms with E-state index in [0.29, 0.717) is 12.3 Å². The van der Waals surface area contributed by atoms with Crippen LogP contribution in [0, 0.1) is 13.8 Å². The standard InChI is InChI=1S/C13H20N2OS/c1-10-12(17-11(2)14-10)6-7-13(16)15-8-4-3-5-9-15/h3-9H2,1-2H3. The molecule has 0 aromatic carbocycles. The Morgan fingerprint density at radius 2 is 2.00 bits per heavy atom. The Labute approximate surface area is 107 Å². The number of hydrogen-bond donors (Lipinski definition) is 0. The van der Waals surface area contributed by atoms with Crippen LogP contribution >= 0.6 is 11.3 Å². The first kappa shape index (κ1) is 12.6. The number of thiazole rings is 1. The van der Waals surface area contributed by atoms with Crippen LogP contribution in [0.3, 0.4) is 0 Å². The van der Waals surface area contributed by atoms with Crippen molar-refractivity contribution in [1.29, 1.82) is 0 Å². The van der Waals surface area contributed by atoms with Crippen molar-refractivity contribution in [3.05, 3.63) is 15.6 Å². The normalized spacial score (nSPS) is 16.2. The van der Waals surface area contributed by atoms with Crippen LogP contribution in [0.4, 0.5) is 0 Å². The second-order valence-electron chi connectivity index (χ2n) is 4.68. The molecule has 0 saturated carbocycles. The second-order valence-corrected chi connectivity index (χ2v) is 5.97. The molecule has 0 atom stereocenters. The van der Waals surface area contributed by atoms with E-state index in [1.165, 1.54) is 24.1 Å². The number of piperidine rings is 1. The van der Waals surface area contributed by atoms with Crippen molar-refractivity contribution in [3.63, 3.8) is 0 Å². The monoisotopic (exact) mass is 252 g/mol. The molecule has 2 rings (SSSR count). The van der Waals surface area contributed by atoms with Crippen LogP contribution in [-0.4, -0.2) is 28.9 Å². The van der Waals surface area contributed by atoms with E-state index in [2.05, 4.69) is 4.98 Å². The Bertz CT molecular complexity index is 394. The lowest BCUT2D eigenvalue weighted by molar-refractivity contribution is -0.132. The largest absolute Gasteiger partial charge is 0.343 e. The second kappa shape index (κ2) is 5.63. The highest BCUT2D eigenvalue weighted by Crippen LogP contribution is 2.19. The molecule has 1 fully saturated rings. The maximum absolute atomic E-state index is 12.0. The zero-order chi connectivity index (χ0) is 12.3. The van der Waals surface area contributed by atoms with Gasteiger partial charge in [-0.15, -0.1) is 11.3 Å². The number of nitrogens with zero attached hydrogens (tertiary/aromatic N) is 2. The summed E-state index contributed by atoms with van der Waals surface area (Å²) in [4.78, 5) is 19.7. The van der Waals surface area contributed by atoms with Crippen molar-refractivity contribution >= 4 is 17.2 Å². The molecule has 0 spiro atoms. The zero-order valence-electron chi connectivity index (χ0n) is 10.7. The predicted molar refractivity (Wildman–Crippen MR) is 70.3 cm³/mol. The van der Waals surface area contributed by atoms with Gasteiger partial charge in [-0.05, 0) is 39.5 Å². The lowest BCUT2D eigenvalue weighted by Gasteiger charge is -2.26. The highest BCUT2D eigenvalue weighted by atomic mass is 32.1. The van der Waals surface area contributed by atoms with Gasteiger partial charge in [-0.25, -0.2) is 4.98 Å². The number of aromatic nitrogens is 1. The highest BCUT2D eigenvalue weighted by molar-refractivity contribution is 7.11. The van der Waals surface area contributed by atoms with Gasteiger partial charge in [-0.2, -0.15) is 0 Å². The Kier molecular flexibility index (Phi) is 4.15. The molecule has 94 valence electrons. The smallest absolute Gasteiger partial charge is 0.222 e. The summed E-state index contributed by atoms with van der Waals surface area (Å²) in [5.41, 5.74) is 1.10. The summed E-state index contributed by atoms with van der Waals surface area (Å²) in [5, 5.41) is 1.10. The van der Waals surface area contributed by atoms with Crippen molar-refractivity contribution in [1.82, 2.24) is 9.88 Å². The summed E-state index contributed by atoms with van der Waals surface area (Å²) in [6.07, 6.45) is 5.11. The van der Waals surface area contributed by atoms with Gasteiger partial charge in [0.25, 0.3) is 0 Å². The molecule has 3 nitrogen and oxygen atoms in total. The molecule has 1 aliphatic heterocycles. The van der Waals surface area contributed by atoms with Gasteiger partial charge < -0.3 is 4.90 Å². The van der Waals surface area contributed by atoms with E-state index in [0.717, 1.165) is 30.2 Å². The van der Waals surface area contributed by atoms with Crippen LogP contribution in [0.2, 0.25) is 0 Å².